The van der Waals surface area contributed by atoms with Gasteiger partial charge in [-0.15, -0.1) is 0 Å². The fraction of sp³-hybridized carbons (Fsp3) is 0.745. The zero-order chi connectivity index (χ0) is 46.4. The average Bonchev–Trinajstić information content (AvgIpc) is 3.23. The molecule has 0 heterocycles. The van der Waals surface area contributed by atoms with Crippen LogP contribution >= 0.6 is 0 Å². The molecule has 0 aromatic heterocycles. The number of nitrogens with one attached hydrogen (secondary N) is 4. The molecule has 0 bridgehead atoms. The van der Waals surface area contributed by atoms with Crippen molar-refractivity contribution >= 4 is 35.6 Å². The predicted octanol–water partition coefficient (Wildman–Crippen LogP) is 5.87. The van der Waals surface area contributed by atoms with E-state index >= 15 is 0 Å². The van der Waals surface area contributed by atoms with E-state index in [9.17, 15) is 33.9 Å². The van der Waals surface area contributed by atoms with E-state index in [1.54, 1.807) is 0 Å². The van der Waals surface area contributed by atoms with Crippen molar-refractivity contribution in [1.82, 2.24) is 21.3 Å². The summed E-state index contributed by atoms with van der Waals surface area (Å²) in [5.74, 6) is -3.08. The number of benzene rings is 1. The van der Waals surface area contributed by atoms with Gasteiger partial charge in [-0.1, -0.05) is 122 Å². The molecule has 16 nitrogen and oxygen atoms in total. The molecular weight excluding hydrogens is 813 g/mol. The summed E-state index contributed by atoms with van der Waals surface area (Å²) in [6.07, 6.45) is 16.5. The average molecular weight is 893 g/mol. The summed E-state index contributed by atoms with van der Waals surface area (Å²) in [5.41, 5.74) is 2.51. The molecule has 0 aliphatic heterocycles. The standard InChI is InChI=1S/C47H80N4O12/c1-47(2,3)34-38-20-22-39(23-21-38)35-50-44(55)37-63-33-31-61-29-27-49-43(54)36-62-32-30-60-28-26-48-41(52)25-24-40(46(58)59)51-42(53)18-16-14-12-10-8-6-4-5-7-9-11-13-15-17-19-45(56)57/h20-23,40H,4-19,24-37H2,1-3H3,(H,48,52)(H,49,54)(H,50,55)(H,51,53)(H,56,57)(H,58,59). The Kier molecular flexibility index (Phi) is 33.7. The summed E-state index contributed by atoms with van der Waals surface area (Å²) >= 11 is 0. The zero-order valence-corrected chi connectivity index (χ0v) is 38.6. The number of carboxylic acids is 2. The Hall–Kier alpha value is -4.12. The van der Waals surface area contributed by atoms with Crippen LogP contribution in [0.5, 0.6) is 0 Å². The molecule has 16 heteroatoms. The molecule has 0 aliphatic rings. The number of carbonyl (C=O) groups is 6. The lowest BCUT2D eigenvalue weighted by Gasteiger charge is -2.18. The number of aliphatic carboxylic acids is 2. The van der Waals surface area contributed by atoms with Crippen molar-refractivity contribution < 1.29 is 57.9 Å². The number of hydrogen-bond acceptors (Lipinski definition) is 10. The highest BCUT2D eigenvalue weighted by Gasteiger charge is 2.21. The van der Waals surface area contributed by atoms with Crippen molar-refractivity contribution in [3.63, 3.8) is 0 Å². The van der Waals surface area contributed by atoms with Gasteiger partial charge in [0.1, 0.15) is 19.3 Å². The van der Waals surface area contributed by atoms with Gasteiger partial charge in [0.25, 0.3) is 0 Å². The number of unbranched alkanes of at least 4 members (excludes halogenated alkanes) is 13. The summed E-state index contributed by atoms with van der Waals surface area (Å²) in [6, 6.07) is 7.09. The first kappa shape index (κ1) is 56.9. The number of ether oxygens (including phenoxy) is 4. The van der Waals surface area contributed by atoms with E-state index in [-0.39, 0.29) is 114 Å². The summed E-state index contributed by atoms with van der Waals surface area (Å²) in [6.45, 7) is 8.72. The van der Waals surface area contributed by atoms with Crippen molar-refractivity contribution in [2.24, 2.45) is 5.41 Å². The van der Waals surface area contributed by atoms with Crippen LogP contribution in [0.3, 0.4) is 0 Å². The first-order valence-electron chi connectivity index (χ1n) is 23.2. The molecule has 0 saturated carbocycles. The van der Waals surface area contributed by atoms with Gasteiger partial charge in [0.15, 0.2) is 0 Å². The van der Waals surface area contributed by atoms with Crippen LogP contribution in [-0.2, 0) is 60.7 Å². The number of rotatable bonds is 41. The predicted molar refractivity (Wildman–Crippen MR) is 241 cm³/mol. The smallest absolute Gasteiger partial charge is 0.326 e. The maximum Gasteiger partial charge on any atom is 0.326 e. The highest BCUT2D eigenvalue weighted by molar-refractivity contribution is 5.84. The quantitative estimate of drug-likeness (QED) is 0.0425. The van der Waals surface area contributed by atoms with E-state index in [2.05, 4.69) is 54.2 Å². The molecule has 6 N–H and O–H groups in total. The second-order valence-electron chi connectivity index (χ2n) is 17.2. The molecule has 1 unspecified atom stereocenters. The monoisotopic (exact) mass is 893 g/mol. The van der Waals surface area contributed by atoms with E-state index in [0.29, 0.717) is 19.5 Å². The van der Waals surface area contributed by atoms with Gasteiger partial charge in [0, 0.05) is 38.9 Å². The maximum atomic E-state index is 12.3. The molecule has 63 heavy (non-hydrogen) atoms. The van der Waals surface area contributed by atoms with E-state index in [0.717, 1.165) is 50.5 Å². The van der Waals surface area contributed by atoms with Crippen LogP contribution in [-0.4, -0.2) is 118 Å². The lowest BCUT2D eigenvalue weighted by atomic mass is 9.88. The molecule has 0 fully saturated rings. The molecule has 1 atom stereocenters. The number of hydrogen-bond donors (Lipinski definition) is 6. The fourth-order valence-electron chi connectivity index (χ4n) is 6.56. The first-order chi connectivity index (χ1) is 30.2. The SMILES string of the molecule is CC(C)(C)Cc1ccc(CNC(=O)COCCOCCNC(=O)COCCOCCNC(=O)CCC(NC(=O)CCCCCCCCCCCCCCCCC(=O)O)C(=O)O)cc1. The lowest BCUT2D eigenvalue weighted by Crippen LogP contribution is -2.41. The van der Waals surface area contributed by atoms with Gasteiger partial charge in [0.05, 0.1) is 39.6 Å². The van der Waals surface area contributed by atoms with Crippen LogP contribution < -0.4 is 21.3 Å². The maximum absolute atomic E-state index is 12.3. The minimum absolute atomic E-state index is 0.0217. The van der Waals surface area contributed by atoms with Gasteiger partial charge in [-0.05, 0) is 42.2 Å². The van der Waals surface area contributed by atoms with Crippen LogP contribution in [0.4, 0.5) is 0 Å². The van der Waals surface area contributed by atoms with Gasteiger partial charge in [0.2, 0.25) is 23.6 Å². The Morgan fingerprint density at radius 1 is 0.508 bits per heavy atom. The fourth-order valence-corrected chi connectivity index (χ4v) is 6.56. The number of carboxylic acid groups (broad SMARTS) is 2. The van der Waals surface area contributed by atoms with E-state index in [4.69, 9.17) is 24.1 Å². The van der Waals surface area contributed by atoms with Gasteiger partial charge >= 0.3 is 11.9 Å². The Labute approximate surface area is 376 Å². The summed E-state index contributed by atoms with van der Waals surface area (Å²) in [7, 11) is 0. The summed E-state index contributed by atoms with van der Waals surface area (Å²) < 4.78 is 21.5. The second kappa shape index (κ2) is 37.3. The number of amides is 4. The van der Waals surface area contributed by atoms with Gasteiger partial charge < -0.3 is 50.4 Å². The van der Waals surface area contributed by atoms with E-state index in [1.165, 1.54) is 50.5 Å². The van der Waals surface area contributed by atoms with E-state index in [1.807, 2.05) is 12.1 Å². The third-order valence-electron chi connectivity index (χ3n) is 9.93. The van der Waals surface area contributed by atoms with Crippen LogP contribution in [0.1, 0.15) is 147 Å². The molecule has 0 spiro atoms. The summed E-state index contributed by atoms with van der Waals surface area (Å²) in [5, 5.41) is 28.9. The zero-order valence-electron chi connectivity index (χ0n) is 38.6. The Morgan fingerprint density at radius 3 is 1.41 bits per heavy atom. The minimum atomic E-state index is -1.18. The third-order valence-corrected chi connectivity index (χ3v) is 9.93. The molecular formula is C47H80N4O12. The highest BCUT2D eigenvalue weighted by atomic mass is 16.5. The van der Waals surface area contributed by atoms with Crippen molar-refractivity contribution in [1.29, 1.82) is 0 Å². The molecule has 0 saturated heterocycles. The Morgan fingerprint density at radius 2 is 0.937 bits per heavy atom. The molecule has 4 amide bonds. The molecule has 360 valence electrons. The van der Waals surface area contributed by atoms with Crippen molar-refractivity contribution in [2.45, 2.75) is 155 Å². The molecule has 1 aromatic rings. The molecule has 1 rings (SSSR count). The van der Waals surface area contributed by atoms with Crippen LogP contribution in [0, 0.1) is 5.41 Å². The molecule has 0 aliphatic carbocycles. The van der Waals surface area contributed by atoms with Gasteiger partial charge in [-0.3, -0.25) is 24.0 Å². The lowest BCUT2D eigenvalue weighted by molar-refractivity contribution is -0.142. The topological polar surface area (TPSA) is 228 Å². The summed E-state index contributed by atoms with van der Waals surface area (Å²) in [4.78, 5) is 70.8. The van der Waals surface area contributed by atoms with Crippen LogP contribution in [0.2, 0.25) is 0 Å². The second-order valence-corrected chi connectivity index (χ2v) is 17.2. The molecule has 1 aromatic carbocycles. The Balaban J connectivity index is 1.92. The first-order valence-corrected chi connectivity index (χ1v) is 23.2. The van der Waals surface area contributed by atoms with Gasteiger partial charge in [-0.2, -0.15) is 0 Å². The van der Waals surface area contributed by atoms with Crippen molar-refractivity contribution in [3.05, 3.63) is 35.4 Å². The highest BCUT2D eigenvalue weighted by Crippen LogP contribution is 2.20. The van der Waals surface area contributed by atoms with Crippen molar-refractivity contribution in [3.8, 4) is 0 Å². The van der Waals surface area contributed by atoms with Crippen molar-refractivity contribution in [2.75, 3.05) is 65.9 Å². The minimum Gasteiger partial charge on any atom is -0.481 e. The molecule has 0 radical (unpaired) electrons. The number of carbonyl (C=O) groups excluding carboxylic acids is 4. The van der Waals surface area contributed by atoms with Crippen LogP contribution in [0.15, 0.2) is 24.3 Å². The van der Waals surface area contributed by atoms with Crippen LogP contribution in [0.25, 0.3) is 0 Å². The largest absolute Gasteiger partial charge is 0.481 e. The third kappa shape index (κ3) is 37.0. The normalized spacial score (nSPS) is 11.8. The van der Waals surface area contributed by atoms with E-state index < -0.39 is 18.0 Å². The Bertz CT molecular complexity index is 1400. The van der Waals surface area contributed by atoms with Gasteiger partial charge in [-0.25, -0.2) is 4.79 Å².